The van der Waals surface area contributed by atoms with Crippen molar-refractivity contribution in [2.24, 2.45) is 0 Å². The summed E-state index contributed by atoms with van der Waals surface area (Å²) in [6.45, 7) is 3.67. The van der Waals surface area contributed by atoms with Gasteiger partial charge in [-0.25, -0.2) is 9.13 Å². The van der Waals surface area contributed by atoms with Crippen LogP contribution < -0.4 is 9.09 Å². The zero-order valence-corrected chi connectivity index (χ0v) is 25.6. The molecule has 40 heavy (non-hydrogen) atoms. The number of phosphoric acid groups is 1. The van der Waals surface area contributed by atoms with Gasteiger partial charge in [0.25, 0.3) is 6.33 Å². The fourth-order valence-electron chi connectivity index (χ4n) is 4.50. The molecule has 226 valence electrons. The molecule has 0 spiro atoms. The lowest BCUT2D eigenvalue weighted by atomic mass is 10.0. The third-order valence-electron chi connectivity index (χ3n) is 6.85. The van der Waals surface area contributed by atoms with Gasteiger partial charge in [-0.2, -0.15) is 0 Å². The van der Waals surface area contributed by atoms with Crippen molar-refractivity contribution in [3.05, 3.63) is 54.6 Å². The maximum absolute atomic E-state index is 12.5. The van der Waals surface area contributed by atoms with Crippen molar-refractivity contribution in [1.82, 2.24) is 4.98 Å². The van der Waals surface area contributed by atoms with E-state index in [2.05, 4.69) is 11.9 Å². The predicted octanol–water partition coefficient (Wildman–Crippen LogP) is 7.43. The van der Waals surface area contributed by atoms with E-state index < -0.39 is 13.9 Å². The van der Waals surface area contributed by atoms with Crippen LogP contribution in [0.5, 0.6) is 5.75 Å². The highest BCUT2D eigenvalue weighted by Crippen LogP contribution is 2.44. The lowest BCUT2D eigenvalue weighted by Gasteiger charge is -2.18. The number of unbranched alkanes of at least 4 members (excludes halogenated alkanes) is 13. The van der Waals surface area contributed by atoms with Crippen LogP contribution in [0, 0.1) is 0 Å². The third-order valence-corrected chi connectivity index (χ3v) is 7.77. The molecular weight excluding hydrogens is 527 g/mol. The minimum atomic E-state index is -4.31. The number of rotatable bonds is 25. The summed E-state index contributed by atoms with van der Waals surface area (Å²) >= 11 is 0. The second-order valence-electron chi connectivity index (χ2n) is 10.5. The van der Waals surface area contributed by atoms with Gasteiger partial charge in [0.1, 0.15) is 24.6 Å². The van der Waals surface area contributed by atoms with Crippen LogP contribution in [0.3, 0.4) is 0 Å². The van der Waals surface area contributed by atoms with Crippen LogP contribution in [0.4, 0.5) is 0 Å². The Bertz CT molecular complexity index is 933. The van der Waals surface area contributed by atoms with E-state index in [0.29, 0.717) is 19.8 Å². The van der Waals surface area contributed by atoms with Crippen LogP contribution in [-0.4, -0.2) is 42.9 Å². The van der Waals surface area contributed by atoms with Gasteiger partial charge < -0.3 is 14.0 Å². The molecule has 0 aliphatic heterocycles. The van der Waals surface area contributed by atoms with Crippen molar-refractivity contribution in [3.8, 4) is 5.75 Å². The summed E-state index contributed by atoms with van der Waals surface area (Å²) in [5.41, 5.74) is 0.905. The molecule has 0 radical (unpaired) electrons. The number of hydrogen-bond donors (Lipinski definition) is 1. The van der Waals surface area contributed by atoms with Crippen molar-refractivity contribution in [2.75, 3.05) is 26.9 Å². The molecule has 0 aliphatic carbocycles. The average Bonchev–Trinajstić information content (AvgIpc) is 2.95. The van der Waals surface area contributed by atoms with Gasteiger partial charge in [0.15, 0.2) is 0 Å². The van der Waals surface area contributed by atoms with Gasteiger partial charge >= 0.3 is 7.82 Å². The zero-order chi connectivity index (χ0) is 28.7. The maximum atomic E-state index is 12.5. The lowest BCUT2D eigenvalue weighted by Crippen LogP contribution is -2.33. The first kappa shape index (κ1) is 34.4. The molecule has 0 fully saturated rings. The van der Waals surface area contributed by atoms with Crippen LogP contribution in [0.15, 0.2) is 49.1 Å². The number of methoxy groups -OCH3 is 1. The fraction of sp³-hybridized carbons (Fsp3) is 0.677. The Balaban J connectivity index is 1.50. The number of nitrogens with zero attached hydrogens (tertiary/aromatic N) is 2. The molecule has 0 bridgehead atoms. The Hall–Kier alpha value is -1.83. The Morgan fingerprint density at radius 2 is 1.55 bits per heavy atom. The van der Waals surface area contributed by atoms with E-state index in [-0.39, 0.29) is 12.4 Å². The Morgan fingerprint density at radius 3 is 2.15 bits per heavy atom. The van der Waals surface area contributed by atoms with Gasteiger partial charge in [0.05, 0.1) is 19.4 Å². The normalized spacial score (nSPS) is 13.7. The van der Waals surface area contributed by atoms with Gasteiger partial charge in [-0.3, -0.25) is 9.42 Å². The van der Waals surface area contributed by atoms with Gasteiger partial charge in [-0.1, -0.05) is 108 Å². The zero-order valence-electron chi connectivity index (χ0n) is 24.8. The standard InChI is InChI=1S/C31H51N2O6P/c1-3-4-5-6-7-8-9-10-11-12-13-14-15-16-23-37-26-31(36-2)27-38-40(34,35)39-30-20-17-19-29(24-30)25-33-22-18-21-32-28-33/h17-22,24,28,31H,3-16,23,25-27H2,1-2H3/p+1. The number of ether oxygens (including phenoxy) is 2. The smallest absolute Gasteiger partial charge is 0.404 e. The van der Waals surface area contributed by atoms with Crippen LogP contribution in [0.25, 0.3) is 0 Å². The predicted molar refractivity (Wildman–Crippen MR) is 158 cm³/mol. The summed E-state index contributed by atoms with van der Waals surface area (Å²) in [5.74, 6) is 0.260. The third kappa shape index (κ3) is 17.1. The fourth-order valence-corrected chi connectivity index (χ4v) is 5.29. The van der Waals surface area contributed by atoms with Crippen LogP contribution in [0.2, 0.25) is 0 Å². The Morgan fingerprint density at radius 1 is 0.900 bits per heavy atom. The minimum absolute atomic E-state index is 0.103. The van der Waals surface area contributed by atoms with Gasteiger partial charge in [0, 0.05) is 19.8 Å². The molecule has 0 amide bonds. The summed E-state index contributed by atoms with van der Waals surface area (Å²) < 4.78 is 35.9. The first-order valence-corrected chi connectivity index (χ1v) is 16.7. The van der Waals surface area contributed by atoms with Crippen molar-refractivity contribution in [2.45, 2.75) is 109 Å². The molecule has 9 heteroatoms. The highest BCUT2D eigenvalue weighted by molar-refractivity contribution is 7.47. The topological polar surface area (TPSA) is 91.0 Å². The van der Waals surface area contributed by atoms with Gasteiger partial charge in [-0.05, 0) is 24.1 Å². The van der Waals surface area contributed by atoms with E-state index in [1.165, 1.54) is 84.2 Å². The highest BCUT2D eigenvalue weighted by atomic mass is 31.2. The molecule has 1 aromatic carbocycles. The number of phosphoric ester groups is 1. The maximum Gasteiger partial charge on any atom is 0.527 e. The molecule has 2 unspecified atom stereocenters. The van der Waals surface area contributed by atoms with Crippen molar-refractivity contribution in [1.29, 1.82) is 0 Å². The van der Waals surface area contributed by atoms with E-state index >= 15 is 0 Å². The summed E-state index contributed by atoms with van der Waals surface area (Å²) in [7, 11) is -2.78. The quantitative estimate of drug-likeness (QED) is 0.0743. The summed E-state index contributed by atoms with van der Waals surface area (Å²) in [6.07, 6.45) is 23.3. The summed E-state index contributed by atoms with van der Waals surface area (Å²) in [6, 6.07) is 8.85. The SMILES string of the molecule is CCCCCCCCCCCCCCCCOCC(COP(=O)(O)Oc1cccc(C[n+]2cccnc2)c1)OC. The van der Waals surface area contributed by atoms with Crippen LogP contribution in [-0.2, 0) is 25.1 Å². The van der Waals surface area contributed by atoms with Crippen molar-refractivity contribution in [3.63, 3.8) is 0 Å². The van der Waals surface area contributed by atoms with Crippen molar-refractivity contribution >= 4 is 7.82 Å². The molecule has 1 aromatic heterocycles. The van der Waals surface area contributed by atoms with E-state index in [4.69, 9.17) is 18.5 Å². The van der Waals surface area contributed by atoms with E-state index in [1.54, 1.807) is 30.7 Å². The first-order chi connectivity index (χ1) is 19.5. The summed E-state index contributed by atoms with van der Waals surface area (Å²) in [5, 5.41) is 0. The Kier molecular flexibility index (Phi) is 18.8. The van der Waals surface area contributed by atoms with E-state index in [1.807, 2.05) is 22.9 Å². The molecule has 8 nitrogen and oxygen atoms in total. The molecule has 0 saturated carbocycles. The van der Waals surface area contributed by atoms with Gasteiger partial charge in [0.2, 0.25) is 0 Å². The molecule has 1 N–H and O–H groups in total. The van der Waals surface area contributed by atoms with Crippen LogP contribution in [0.1, 0.15) is 102 Å². The first-order valence-electron chi connectivity index (χ1n) is 15.2. The highest BCUT2D eigenvalue weighted by Gasteiger charge is 2.25. The summed E-state index contributed by atoms with van der Waals surface area (Å²) in [4.78, 5) is 14.3. The second-order valence-corrected chi connectivity index (χ2v) is 11.8. The number of benzene rings is 1. The molecule has 0 saturated heterocycles. The minimum Gasteiger partial charge on any atom is -0.404 e. The van der Waals surface area contributed by atoms with E-state index in [9.17, 15) is 9.46 Å². The monoisotopic (exact) mass is 579 g/mol. The molecule has 2 rings (SSSR count). The molecule has 0 aliphatic rings. The second kappa shape index (κ2) is 21.9. The number of aromatic nitrogens is 2. The largest absolute Gasteiger partial charge is 0.527 e. The van der Waals surface area contributed by atoms with E-state index in [0.717, 1.165) is 18.4 Å². The Labute approximate surface area is 242 Å². The molecule has 1 heterocycles. The molecule has 2 atom stereocenters. The van der Waals surface area contributed by atoms with Gasteiger partial charge in [-0.15, -0.1) is 0 Å². The lowest BCUT2D eigenvalue weighted by molar-refractivity contribution is -0.691. The molecular formula is C31H52N2O6P+. The molecule has 2 aromatic rings. The van der Waals surface area contributed by atoms with Crippen LogP contribution >= 0.6 is 7.82 Å². The average molecular weight is 580 g/mol. The van der Waals surface area contributed by atoms with Crippen molar-refractivity contribution < 1.29 is 32.5 Å². The number of hydrogen-bond acceptors (Lipinski definition) is 6.